The first-order valence-electron chi connectivity index (χ1n) is 8.58. The molecule has 2 amide bonds. The molecule has 1 aromatic carbocycles. The second-order valence-corrected chi connectivity index (χ2v) is 5.95. The molecule has 0 unspecified atom stereocenters. The highest BCUT2D eigenvalue weighted by Gasteiger charge is 2.19. The number of rotatable bonds is 4. The average Bonchev–Trinajstić information content (AvgIpc) is 2.69. The van der Waals surface area contributed by atoms with Gasteiger partial charge in [-0.2, -0.15) is 0 Å². The number of aromatic nitrogens is 1. The zero-order valence-electron chi connectivity index (χ0n) is 14.6. The molecule has 0 atom stereocenters. The molecule has 136 valence electrons. The van der Waals surface area contributed by atoms with Crippen molar-refractivity contribution in [2.24, 2.45) is 0 Å². The van der Waals surface area contributed by atoms with Gasteiger partial charge in [-0.3, -0.25) is 14.4 Å². The van der Waals surface area contributed by atoms with Crippen LogP contribution >= 0.6 is 0 Å². The number of morpholine rings is 1. The van der Waals surface area contributed by atoms with E-state index < -0.39 is 0 Å². The fraction of sp³-hybridized carbons (Fsp3) is 0.316. The predicted molar refractivity (Wildman–Crippen MR) is 97.5 cm³/mol. The quantitative estimate of drug-likeness (QED) is 0.903. The van der Waals surface area contributed by atoms with Crippen LogP contribution in [0.3, 0.4) is 0 Å². The summed E-state index contributed by atoms with van der Waals surface area (Å²) in [6, 6.07) is 9.71. The normalized spacial score (nSPS) is 14.1. The lowest BCUT2D eigenvalue weighted by Crippen LogP contribution is -2.40. The van der Waals surface area contributed by atoms with Crippen molar-refractivity contribution in [2.45, 2.75) is 13.5 Å². The average molecular weight is 355 g/mol. The van der Waals surface area contributed by atoms with Crippen LogP contribution in [-0.4, -0.2) is 47.6 Å². The van der Waals surface area contributed by atoms with Crippen molar-refractivity contribution in [3.8, 4) is 0 Å². The van der Waals surface area contributed by atoms with Crippen LogP contribution in [0.5, 0.6) is 0 Å². The Labute approximate surface area is 151 Å². The van der Waals surface area contributed by atoms with Crippen LogP contribution in [0.4, 0.5) is 5.69 Å². The minimum atomic E-state index is -0.388. The van der Waals surface area contributed by atoms with E-state index in [9.17, 15) is 14.4 Å². The molecule has 1 N–H and O–H groups in total. The number of carbonyl (C=O) groups excluding carboxylic acids is 2. The molecule has 7 nitrogen and oxygen atoms in total. The molecule has 3 rings (SSSR count). The molecule has 0 bridgehead atoms. The Bertz CT molecular complexity index is 852. The molecule has 1 aliphatic rings. The first kappa shape index (κ1) is 17.9. The number of nitrogens with zero attached hydrogens (tertiary/aromatic N) is 2. The lowest BCUT2D eigenvalue weighted by molar-refractivity contribution is 0.0303. The summed E-state index contributed by atoms with van der Waals surface area (Å²) in [5.74, 6) is -0.463. The Morgan fingerprint density at radius 2 is 1.73 bits per heavy atom. The van der Waals surface area contributed by atoms with Gasteiger partial charge in [-0.1, -0.05) is 0 Å². The smallest absolute Gasteiger partial charge is 0.274 e. The number of benzene rings is 1. The van der Waals surface area contributed by atoms with Crippen LogP contribution < -0.4 is 10.9 Å². The van der Waals surface area contributed by atoms with Gasteiger partial charge in [0.1, 0.15) is 5.69 Å². The van der Waals surface area contributed by atoms with Crippen molar-refractivity contribution in [3.63, 3.8) is 0 Å². The van der Waals surface area contributed by atoms with Crippen molar-refractivity contribution in [1.82, 2.24) is 9.47 Å². The van der Waals surface area contributed by atoms with Crippen LogP contribution in [0, 0.1) is 0 Å². The maximum absolute atomic E-state index is 12.4. The third kappa shape index (κ3) is 3.83. The molecule has 2 heterocycles. The molecule has 0 radical (unpaired) electrons. The zero-order valence-corrected chi connectivity index (χ0v) is 14.6. The molecule has 26 heavy (non-hydrogen) atoms. The van der Waals surface area contributed by atoms with E-state index in [1.54, 1.807) is 47.5 Å². The third-order valence-electron chi connectivity index (χ3n) is 4.30. The second kappa shape index (κ2) is 7.97. The monoisotopic (exact) mass is 355 g/mol. The number of anilines is 1. The van der Waals surface area contributed by atoms with Crippen LogP contribution in [0.15, 0.2) is 47.4 Å². The zero-order chi connectivity index (χ0) is 18.5. The molecule has 1 aromatic heterocycles. The number of hydrogen-bond acceptors (Lipinski definition) is 4. The Hall–Kier alpha value is -2.93. The number of carbonyl (C=O) groups is 2. The van der Waals surface area contributed by atoms with Crippen molar-refractivity contribution < 1.29 is 14.3 Å². The van der Waals surface area contributed by atoms with E-state index >= 15 is 0 Å². The SMILES string of the molecule is CCn1cccc(NC(=O)c2ccc(C(=O)N3CCOCC3)cc2)c1=O. The third-order valence-corrected chi connectivity index (χ3v) is 4.30. The Balaban J connectivity index is 1.71. The largest absolute Gasteiger partial charge is 0.378 e. The summed E-state index contributed by atoms with van der Waals surface area (Å²) in [6.07, 6.45) is 1.67. The number of ether oxygens (including phenoxy) is 1. The van der Waals surface area contributed by atoms with Crippen LogP contribution in [0.2, 0.25) is 0 Å². The van der Waals surface area contributed by atoms with Gasteiger partial charge in [-0.05, 0) is 43.3 Å². The summed E-state index contributed by atoms with van der Waals surface area (Å²) in [5, 5.41) is 2.63. The fourth-order valence-electron chi connectivity index (χ4n) is 2.79. The van der Waals surface area contributed by atoms with E-state index in [0.717, 1.165) is 0 Å². The topological polar surface area (TPSA) is 80.6 Å². The molecule has 1 aliphatic heterocycles. The van der Waals surface area contributed by atoms with E-state index in [2.05, 4.69) is 5.32 Å². The maximum Gasteiger partial charge on any atom is 0.274 e. The summed E-state index contributed by atoms with van der Waals surface area (Å²) in [7, 11) is 0. The van der Waals surface area contributed by atoms with Crippen LogP contribution in [-0.2, 0) is 11.3 Å². The summed E-state index contributed by atoms with van der Waals surface area (Å²) in [6.45, 7) is 4.60. The highest BCUT2D eigenvalue weighted by Crippen LogP contribution is 2.11. The molecule has 2 aromatic rings. The van der Waals surface area contributed by atoms with E-state index in [1.165, 1.54) is 4.57 Å². The number of amides is 2. The minimum Gasteiger partial charge on any atom is -0.378 e. The lowest BCUT2D eigenvalue weighted by Gasteiger charge is -2.26. The molecule has 1 fully saturated rings. The Morgan fingerprint density at radius 3 is 2.38 bits per heavy atom. The van der Waals surface area contributed by atoms with Crippen LogP contribution in [0.1, 0.15) is 27.6 Å². The van der Waals surface area contributed by atoms with Crippen molar-refractivity contribution in [1.29, 1.82) is 0 Å². The molecule has 0 spiro atoms. The van der Waals surface area contributed by atoms with Gasteiger partial charge in [-0.25, -0.2) is 0 Å². The number of aryl methyl sites for hydroxylation is 1. The van der Waals surface area contributed by atoms with E-state index in [4.69, 9.17) is 4.74 Å². The molecule has 0 aliphatic carbocycles. The van der Waals surface area contributed by atoms with Gasteiger partial charge in [0.25, 0.3) is 17.4 Å². The highest BCUT2D eigenvalue weighted by molar-refractivity contribution is 6.05. The number of pyridine rings is 1. The van der Waals surface area contributed by atoms with Gasteiger partial charge >= 0.3 is 0 Å². The van der Waals surface area contributed by atoms with E-state index in [1.807, 2.05) is 6.92 Å². The summed E-state index contributed by atoms with van der Waals surface area (Å²) in [4.78, 5) is 38.7. The lowest BCUT2D eigenvalue weighted by atomic mass is 10.1. The Kier molecular flexibility index (Phi) is 5.48. The fourth-order valence-corrected chi connectivity index (χ4v) is 2.79. The Morgan fingerprint density at radius 1 is 1.08 bits per heavy atom. The maximum atomic E-state index is 12.4. The van der Waals surface area contributed by atoms with E-state index in [-0.39, 0.29) is 23.1 Å². The highest BCUT2D eigenvalue weighted by atomic mass is 16.5. The van der Waals surface area contributed by atoms with Gasteiger partial charge in [0.05, 0.1) is 13.2 Å². The van der Waals surface area contributed by atoms with Gasteiger partial charge in [0.15, 0.2) is 0 Å². The van der Waals surface area contributed by atoms with Gasteiger partial charge in [0, 0.05) is 37.0 Å². The second-order valence-electron chi connectivity index (χ2n) is 5.95. The molecule has 1 saturated heterocycles. The molecule has 0 saturated carbocycles. The number of nitrogens with one attached hydrogen (secondary N) is 1. The first-order chi connectivity index (χ1) is 12.6. The minimum absolute atomic E-state index is 0.0749. The van der Waals surface area contributed by atoms with E-state index in [0.29, 0.717) is 44.0 Å². The predicted octanol–water partition coefficient (Wildman–Crippen LogP) is 1.59. The van der Waals surface area contributed by atoms with Gasteiger partial charge < -0.3 is 19.5 Å². The van der Waals surface area contributed by atoms with Gasteiger partial charge in [-0.15, -0.1) is 0 Å². The van der Waals surface area contributed by atoms with Crippen molar-refractivity contribution >= 4 is 17.5 Å². The molecular weight excluding hydrogens is 334 g/mol. The summed E-state index contributed by atoms with van der Waals surface area (Å²) < 4.78 is 6.76. The standard InChI is InChI=1S/C19H21N3O4/c1-2-21-9-3-4-16(19(21)25)20-17(23)14-5-7-15(8-6-14)18(24)22-10-12-26-13-11-22/h3-9H,2,10-13H2,1H3,(H,20,23). The first-order valence-corrected chi connectivity index (χ1v) is 8.58. The molecule has 7 heteroatoms. The number of hydrogen-bond donors (Lipinski definition) is 1. The van der Waals surface area contributed by atoms with Crippen molar-refractivity contribution in [2.75, 3.05) is 31.6 Å². The summed E-state index contributed by atoms with van der Waals surface area (Å²) in [5.41, 5.74) is 0.890. The summed E-state index contributed by atoms with van der Waals surface area (Å²) >= 11 is 0. The van der Waals surface area contributed by atoms with Crippen LogP contribution in [0.25, 0.3) is 0 Å². The van der Waals surface area contributed by atoms with Crippen molar-refractivity contribution in [3.05, 3.63) is 64.1 Å². The van der Waals surface area contributed by atoms with Gasteiger partial charge in [0.2, 0.25) is 0 Å². The molecular formula is C19H21N3O4.